The summed E-state index contributed by atoms with van der Waals surface area (Å²) in [4.78, 5) is 0. The Kier molecular flexibility index (Phi) is 4.48. The molecule has 2 atom stereocenters. The lowest BCUT2D eigenvalue weighted by atomic mass is 9.92. The molecule has 3 heteroatoms. The van der Waals surface area contributed by atoms with E-state index in [9.17, 15) is 0 Å². The molecule has 1 aliphatic rings. The Balaban J connectivity index is 2.07. The van der Waals surface area contributed by atoms with Crippen molar-refractivity contribution in [2.75, 3.05) is 19.5 Å². The van der Waals surface area contributed by atoms with Crippen LogP contribution >= 0.6 is 0 Å². The first-order valence-corrected chi connectivity index (χ1v) is 6.68. The maximum atomic E-state index is 5.57. The van der Waals surface area contributed by atoms with Gasteiger partial charge in [0.25, 0.3) is 0 Å². The van der Waals surface area contributed by atoms with Crippen molar-refractivity contribution in [3.63, 3.8) is 0 Å². The van der Waals surface area contributed by atoms with Gasteiger partial charge in [-0.15, -0.1) is 0 Å². The van der Waals surface area contributed by atoms with Gasteiger partial charge in [-0.3, -0.25) is 0 Å². The lowest BCUT2D eigenvalue weighted by molar-refractivity contribution is 0.0606. The van der Waals surface area contributed by atoms with Gasteiger partial charge in [0.1, 0.15) is 5.75 Å². The van der Waals surface area contributed by atoms with Gasteiger partial charge in [-0.05, 0) is 43.5 Å². The molecule has 1 N–H and O–H groups in total. The largest absolute Gasteiger partial charge is 0.497 e. The van der Waals surface area contributed by atoms with Crippen LogP contribution in [-0.2, 0) is 4.74 Å². The van der Waals surface area contributed by atoms with Crippen LogP contribution in [0.25, 0.3) is 0 Å². The minimum absolute atomic E-state index is 0.334. The van der Waals surface area contributed by atoms with Crippen LogP contribution in [0, 0.1) is 6.92 Å². The zero-order chi connectivity index (χ0) is 13.0. The molecule has 0 amide bonds. The zero-order valence-corrected chi connectivity index (χ0v) is 11.5. The molecule has 1 aromatic carbocycles. The van der Waals surface area contributed by atoms with Crippen LogP contribution in [0.15, 0.2) is 18.2 Å². The first kappa shape index (κ1) is 13.2. The molecule has 2 unspecified atom stereocenters. The summed E-state index contributed by atoms with van der Waals surface area (Å²) >= 11 is 0. The van der Waals surface area contributed by atoms with Crippen molar-refractivity contribution in [1.29, 1.82) is 0 Å². The van der Waals surface area contributed by atoms with Gasteiger partial charge in [-0.25, -0.2) is 0 Å². The average Bonchev–Trinajstić information content (AvgIpc) is 2.41. The summed E-state index contributed by atoms with van der Waals surface area (Å²) in [5.41, 5.74) is 2.40. The van der Waals surface area contributed by atoms with Crippen molar-refractivity contribution in [2.45, 2.75) is 44.8 Å². The minimum atomic E-state index is 0.334. The van der Waals surface area contributed by atoms with Crippen molar-refractivity contribution in [1.82, 2.24) is 0 Å². The first-order chi connectivity index (χ1) is 8.74. The van der Waals surface area contributed by atoms with E-state index in [0.29, 0.717) is 12.1 Å². The summed E-state index contributed by atoms with van der Waals surface area (Å²) in [5, 5.41) is 3.62. The molecule has 1 saturated carbocycles. The highest BCUT2D eigenvalue weighted by Gasteiger charge is 2.24. The molecule has 0 saturated heterocycles. The zero-order valence-electron chi connectivity index (χ0n) is 11.5. The standard InChI is InChI=1S/C15H23NO2/c1-11-10-12(17-2)8-9-13(11)16-14-6-4-5-7-15(14)18-3/h8-10,14-16H,4-7H2,1-3H3. The van der Waals surface area contributed by atoms with Gasteiger partial charge in [0.2, 0.25) is 0 Å². The van der Waals surface area contributed by atoms with Gasteiger partial charge >= 0.3 is 0 Å². The molecule has 100 valence electrons. The Morgan fingerprint density at radius 1 is 1.17 bits per heavy atom. The number of benzene rings is 1. The van der Waals surface area contributed by atoms with E-state index in [2.05, 4.69) is 24.4 Å². The molecule has 0 bridgehead atoms. The highest BCUT2D eigenvalue weighted by Crippen LogP contribution is 2.27. The molecule has 3 nitrogen and oxygen atoms in total. The van der Waals surface area contributed by atoms with Gasteiger partial charge < -0.3 is 14.8 Å². The number of nitrogens with one attached hydrogen (secondary N) is 1. The van der Waals surface area contributed by atoms with Gasteiger partial charge in [-0.1, -0.05) is 12.8 Å². The maximum absolute atomic E-state index is 5.57. The topological polar surface area (TPSA) is 30.5 Å². The van der Waals surface area contributed by atoms with Crippen LogP contribution in [-0.4, -0.2) is 26.4 Å². The third-order valence-electron chi connectivity index (χ3n) is 3.78. The van der Waals surface area contributed by atoms with E-state index in [4.69, 9.17) is 9.47 Å². The number of hydrogen-bond acceptors (Lipinski definition) is 3. The maximum Gasteiger partial charge on any atom is 0.119 e. The van der Waals surface area contributed by atoms with Crippen molar-refractivity contribution in [3.05, 3.63) is 23.8 Å². The van der Waals surface area contributed by atoms with Crippen molar-refractivity contribution < 1.29 is 9.47 Å². The Bertz CT molecular complexity index is 392. The number of hydrogen-bond donors (Lipinski definition) is 1. The molecular weight excluding hydrogens is 226 g/mol. The molecule has 0 radical (unpaired) electrons. The van der Waals surface area contributed by atoms with E-state index >= 15 is 0 Å². The normalized spacial score (nSPS) is 23.7. The Labute approximate surface area is 109 Å². The Morgan fingerprint density at radius 3 is 2.61 bits per heavy atom. The summed E-state index contributed by atoms with van der Waals surface area (Å²) in [5.74, 6) is 0.907. The Hall–Kier alpha value is -1.22. The van der Waals surface area contributed by atoms with Crippen molar-refractivity contribution in [2.24, 2.45) is 0 Å². The van der Waals surface area contributed by atoms with Crippen LogP contribution in [0.5, 0.6) is 5.75 Å². The predicted octanol–water partition coefficient (Wildman–Crippen LogP) is 3.37. The van der Waals surface area contributed by atoms with E-state index in [1.807, 2.05) is 13.2 Å². The molecule has 2 rings (SSSR count). The van der Waals surface area contributed by atoms with E-state index in [-0.39, 0.29) is 0 Å². The fraction of sp³-hybridized carbons (Fsp3) is 0.600. The van der Waals surface area contributed by atoms with Gasteiger partial charge in [0.15, 0.2) is 0 Å². The highest BCUT2D eigenvalue weighted by molar-refractivity contribution is 5.54. The fourth-order valence-electron chi connectivity index (χ4n) is 2.67. The second-order valence-electron chi connectivity index (χ2n) is 4.99. The molecule has 1 aliphatic carbocycles. The second-order valence-corrected chi connectivity index (χ2v) is 4.99. The van der Waals surface area contributed by atoms with Gasteiger partial charge in [0.05, 0.1) is 19.3 Å². The van der Waals surface area contributed by atoms with Gasteiger partial charge in [-0.2, -0.15) is 0 Å². The molecule has 1 aromatic rings. The van der Waals surface area contributed by atoms with Crippen LogP contribution < -0.4 is 10.1 Å². The fourth-order valence-corrected chi connectivity index (χ4v) is 2.67. The average molecular weight is 249 g/mol. The number of ether oxygens (including phenoxy) is 2. The highest BCUT2D eigenvalue weighted by atomic mass is 16.5. The minimum Gasteiger partial charge on any atom is -0.497 e. The van der Waals surface area contributed by atoms with E-state index in [0.717, 1.165) is 12.2 Å². The van der Waals surface area contributed by atoms with E-state index < -0.39 is 0 Å². The molecule has 0 aliphatic heterocycles. The number of methoxy groups -OCH3 is 2. The molecule has 0 heterocycles. The SMILES string of the molecule is COc1ccc(NC2CCCCC2OC)c(C)c1. The monoisotopic (exact) mass is 249 g/mol. The smallest absolute Gasteiger partial charge is 0.119 e. The summed E-state index contributed by atoms with van der Waals surface area (Å²) in [7, 11) is 3.51. The number of anilines is 1. The second kappa shape index (κ2) is 6.10. The molecule has 1 fully saturated rings. The quantitative estimate of drug-likeness (QED) is 0.887. The molecule has 18 heavy (non-hydrogen) atoms. The Morgan fingerprint density at radius 2 is 1.94 bits per heavy atom. The molecule has 0 spiro atoms. The molecule has 0 aromatic heterocycles. The number of aryl methyl sites for hydroxylation is 1. The lowest BCUT2D eigenvalue weighted by Gasteiger charge is -2.32. The summed E-state index contributed by atoms with van der Waals surface area (Å²) in [6, 6.07) is 6.58. The van der Waals surface area contributed by atoms with E-state index in [1.165, 1.54) is 30.5 Å². The third kappa shape index (κ3) is 2.96. The molecular formula is C15H23NO2. The summed E-state index contributed by atoms with van der Waals surface area (Å²) < 4.78 is 10.8. The van der Waals surface area contributed by atoms with Crippen LogP contribution in [0.1, 0.15) is 31.2 Å². The van der Waals surface area contributed by atoms with Crippen LogP contribution in [0.4, 0.5) is 5.69 Å². The lowest BCUT2D eigenvalue weighted by Crippen LogP contribution is -2.37. The predicted molar refractivity (Wildman–Crippen MR) is 74.4 cm³/mol. The van der Waals surface area contributed by atoms with E-state index in [1.54, 1.807) is 7.11 Å². The summed E-state index contributed by atoms with van der Waals surface area (Å²) in [6.07, 6.45) is 5.23. The van der Waals surface area contributed by atoms with Crippen LogP contribution in [0.3, 0.4) is 0 Å². The van der Waals surface area contributed by atoms with Crippen LogP contribution in [0.2, 0.25) is 0 Å². The number of rotatable bonds is 4. The summed E-state index contributed by atoms with van der Waals surface area (Å²) in [6.45, 7) is 2.11. The first-order valence-electron chi connectivity index (χ1n) is 6.68. The third-order valence-corrected chi connectivity index (χ3v) is 3.78. The van der Waals surface area contributed by atoms with Crippen molar-refractivity contribution in [3.8, 4) is 5.75 Å². The van der Waals surface area contributed by atoms with Crippen molar-refractivity contribution >= 4 is 5.69 Å². The van der Waals surface area contributed by atoms with Gasteiger partial charge in [0, 0.05) is 12.8 Å².